The van der Waals surface area contributed by atoms with Crippen molar-refractivity contribution in [2.24, 2.45) is 7.05 Å². The van der Waals surface area contributed by atoms with E-state index in [9.17, 15) is 0 Å². The summed E-state index contributed by atoms with van der Waals surface area (Å²) in [5.41, 5.74) is 0. The lowest BCUT2D eigenvalue weighted by Gasteiger charge is -1.83. The van der Waals surface area contributed by atoms with Crippen molar-refractivity contribution in [3.63, 3.8) is 0 Å². The van der Waals surface area contributed by atoms with Gasteiger partial charge in [-0.25, -0.2) is 13.7 Å². The second-order valence-corrected chi connectivity index (χ2v) is 3.60. The lowest BCUT2D eigenvalue weighted by Crippen LogP contribution is -2.23. The molecule has 7 heteroatoms. The van der Waals surface area contributed by atoms with Crippen molar-refractivity contribution < 1.29 is 23.8 Å². The number of imidazole rings is 1. The van der Waals surface area contributed by atoms with Gasteiger partial charge in [0.25, 0.3) is 0 Å². The molecule has 0 aromatic carbocycles. The van der Waals surface area contributed by atoms with Crippen molar-refractivity contribution in [3.05, 3.63) is 31.4 Å². The monoisotopic (exact) mass is 221 g/mol. The molecule has 0 saturated carbocycles. The molecule has 0 bridgehead atoms. The molecule has 1 aromatic heterocycles. The minimum Gasteiger partial charge on any atom is -0.303 e. The lowest BCUT2D eigenvalue weighted by atomic mass is 10.6. The highest BCUT2D eigenvalue weighted by Crippen LogP contribution is 2.25. The maximum absolute atomic E-state index is 8.88. The normalized spacial score (nSPS) is 10.3. The first-order valence-corrected chi connectivity index (χ1v) is 5.29. The number of rotatable bonds is 2. The van der Waals surface area contributed by atoms with Gasteiger partial charge in [0.2, 0.25) is 6.33 Å². The van der Waals surface area contributed by atoms with Crippen LogP contribution in [0.25, 0.3) is 0 Å². The zero-order chi connectivity index (χ0) is 11.2. The van der Waals surface area contributed by atoms with E-state index in [4.69, 9.17) is 19.2 Å². The third-order valence-corrected chi connectivity index (χ3v) is 1.16. The van der Waals surface area contributed by atoms with Gasteiger partial charge in [-0.05, 0) is 0 Å². The van der Waals surface area contributed by atoms with E-state index in [0.717, 1.165) is 6.54 Å². The molecule has 0 aliphatic carbocycles. The van der Waals surface area contributed by atoms with Gasteiger partial charge in [0.1, 0.15) is 18.9 Å². The lowest BCUT2D eigenvalue weighted by molar-refractivity contribution is -0.671. The van der Waals surface area contributed by atoms with Gasteiger partial charge < -0.3 is 14.7 Å². The number of aromatic nitrogens is 2. The van der Waals surface area contributed by atoms with Crippen LogP contribution in [0, 0.1) is 0 Å². The van der Waals surface area contributed by atoms with Crippen molar-refractivity contribution in [1.29, 1.82) is 0 Å². The number of phosphoric acid groups is 1. The quantitative estimate of drug-likeness (QED) is 0.359. The summed E-state index contributed by atoms with van der Waals surface area (Å²) >= 11 is 0. The van der Waals surface area contributed by atoms with E-state index in [0.29, 0.717) is 0 Å². The summed E-state index contributed by atoms with van der Waals surface area (Å²) in [6, 6.07) is 0. The molecule has 3 N–H and O–H groups in total. The summed E-state index contributed by atoms with van der Waals surface area (Å²) in [4.78, 5) is 21.6. The van der Waals surface area contributed by atoms with Gasteiger partial charge in [-0.1, -0.05) is 12.7 Å². The van der Waals surface area contributed by atoms with Crippen LogP contribution in [0.4, 0.5) is 0 Å². The Balaban J connectivity index is 0.000000292. The largest absolute Gasteiger partial charge is 0.466 e. The minimum atomic E-state index is -4.64. The fourth-order valence-electron chi connectivity index (χ4n) is 0.759. The Labute approximate surface area is 82.0 Å². The van der Waals surface area contributed by atoms with Crippen molar-refractivity contribution >= 4 is 7.82 Å². The third-order valence-electron chi connectivity index (χ3n) is 1.16. The van der Waals surface area contributed by atoms with Gasteiger partial charge in [-0.2, -0.15) is 0 Å². The van der Waals surface area contributed by atoms with Crippen molar-refractivity contribution in [3.8, 4) is 0 Å². The van der Waals surface area contributed by atoms with Crippen molar-refractivity contribution in [1.82, 2.24) is 4.57 Å². The van der Waals surface area contributed by atoms with Gasteiger partial charge >= 0.3 is 7.82 Å². The smallest absolute Gasteiger partial charge is 0.303 e. The highest BCUT2D eigenvalue weighted by atomic mass is 31.2. The molecule has 0 saturated heterocycles. The standard InChI is InChI=1S/C7H11N2.H3O4P/c1-3-4-9-6-5-8(2)7-9;1-5(2,3)4/h3,5-7H,1,4H2,2H3;(H3,1,2,3,4)/q+1;. The van der Waals surface area contributed by atoms with Gasteiger partial charge in [-0.3, -0.25) is 0 Å². The van der Waals surface area contributed by atoms with Crippen LogP contribution in [0.15, 0.2) is 31.4 Å². The first-order chi connectivity index (χ1) is 6.33. The predicted octanol–water partition coefficient (Wildman–Crippen LogP) is -0.430. The molecule has 6 nitrogen and oxygen atoms in total. The van der Waals surface area contributed by atoms with Crippen molar-refractivity contribution in [2.45, 2.75) is 6.54 Å². The Bertz CT molecular complexity index is 322. The molecule has 1 heterocycles. The van der Waals surface area contributed by atoms with Crippen LogP contribution in [0.3, 0.4) is 0 Å². The third kappa shape index (κ3) is 9.15. The zero-order valence-electron chi connectivity index (χ0n) is 7.82. The topological polar surface area (TPSA) is 86.6 Å². The van der Waals surface area contributed by atoms with E-state index >= 15 is 0 Å². The van der Waals surface area contributed by atoms with Crippen LogP contribution in [-0.4, -0.2) is 19.2 Å². The average molecular weight is 221 g/mol. The molecule has 0 unspecified atom stereocenters. The first kappa shape index (κ1) is 13.1. The van der Waals surface area contributed by atoms with E-state index in [2.05, 4.69) is 11.1 Å². The number of nitrogens with zero attached hydrogens (tertiary/aromatic N) is 2. The molecule has 0 amide bonds. The molecule has 0 aliphatic rings. The van der Waals surface area contributed by atoms with Gasteiger partial charge in [0.15, 0.2) is 0 Å². The summed E-state index contributed by atoms with van der Waals surface area (Å²) in [5.74, 6) is 0. The molecule has 0 fully saturated rings. The Kier molecular flexibility index (Phi) is 5.34. The van der Waals surface area contributed by atoms with E-state index < -0.39 is 7.82 Å². The Morgan fingerprint density at radius 2 is 2.07 bits per heavy atom. The zero-order valence-corrected chi connectivity index (χ0v) is 8.71. The van der Waals surface area contributed by atoms with Gasteiger partial charge in [0.05, 0.1) is 7.05 Å². The molecular weight excluding hydrogens is 207 g/mol. The molecule has 1 rings (SSSR count). The second kappa shape index (κ2) is 5.72. The summed E-state index contributed by atoms with van der Waals surface area (Å²) in [6.07, 6.45) is 7.91. The highest BCUT2D eigenvalue weighted by molar-refractivity contribution is 7.45. The molecule has 80 valence electrons. The Morgan fingerprint density at radius 1 is 1.57 bits per heavy atom. The maximum atomic E-state index is 8.88. The van der Waals surface area contributed by atoms with Gasteiger partial charge in [-0.15, -0.1) is 0 Å². The molecule has 0 radical (unpaired) electrons. The molecule has 1 aromatic rings. The van der Waals surface area contributed by atoms with E-state index in [-0.39, 0.29) is 0 Å². The number of hydrogen-bond donors (Lipinski definition) is 3. The molecule has 0 aliphatic heterocycles. The van der Waals surface area contributed by atoms with Crippen LogP contribution in [-0.2, 0) is 18.2 Å². The molecule has 0 atom stereocenters. The Morgan fingerprint density at radius 3 is 2.36 bits per heavy atom. The number of allylic oxidation sites excluding steroid dienone is 1. The number of aryl methyl sites for hydroxylation is 1. The van der Waals surface area contributed by atoms with Crippen LogP contribution < -0.4 is 4.57 Å². The summed E-state index contributed by atoms with van der Waals surface area (Å²) in [5, 5.41) is 0. The van der Waals surface area contributed by atoms with Gasteiger partial charge in [0, 0.05) is 0 Å². The van der Waals surface area contributed by atoms with Crippen LogP contribution >= 0.6 is 7.82 Å². The van der Waals surface area contributed by atoms with Crippen LogP contribution in [0.5, 0.6) is 0 Å². The molecule has 0 spiro atoms. The van der Waals surface area contributed by atoms with Crippen molar-refractivity contribution in [2.75, 3.05) is 0 Å². The number of hydrogen-bond acceptors (Lipinski definition) is 1. The first-order valence-electron chi connectivity index (χ1n) is 3.73. The SMILES string of the molecule is C=CCn1cc[n+](C)c1.O=P(O)(O)O. The minimum absolute atomic E-state index is 0.890. The summed E-state index contributed by atoms with van der Waals surface area (Å²) in [6.45, 7) is 4.52. The fraction of sp³-hybridized carbons (Fsp3) is 0.286. The van der Waals surface area contributed by atoms with E-state index in [1.807, 2.05) is 36.4 Å². The maximum Gasteiger partial charge on any atom is 0.466 e. The van der Waals surface area contributed by atoms with Crippen LogP contribution in [0.2, 0.25) is 0 Å². The average Bonchev–Trinajstić information content (AvgIpc) is 2.32. The second-order valence-electron chi connectivity index (χ2n) is 2.58. The van der Waals surface area contributed by atoms with E-state index in [1.54, 1.807) is 0 Å². The highest BCUT2D eigenvalue weighted by Gasteiger charge is 2.00. The Hall–Kier alpha value is -0.940. The summed E-state index contributed by atoms with van der Waals surface area (Å²) in [7, 11) is -2.64. The molecule has 14 heavy (non-hydrogen) atoms. The van der Waals surface area contributed by atoms with E-state index in [1.165, 1.54) is 0 Å². The predicted molar refractivity (Wildman–Crippen MR) is 50.1 cm³/mol. The molecular formula is C7H14N2O4P+. The van der Waals surface area contributed by atoms with Crippen LogP contribution in [0.1, 0.15) is 0 Å². The fourth-order valence-corrected chi connectivity index (χ4v) is 0.759. The summed E-state index contributed by atoms with van der Waals surface area (Å²) < 4.78 is 12.9.